The number of hydrogen-bond donors (Lipinski definition) is 2. The third-order valence-corrected chi connectivity index (χ3v) is 6.29. The average Bonchev–Trinajstić information content (AvgIpc) is 2.63. The minimum atomic E-state index is -3.78. The number of anilines is 1. The van der Waals surface area contributed by atoms with Gasteiger partial charge < -0.3 is 15.2 Å². The molecule has 0 aliphatic rings. The number of benzene rings is 2. The predicted octanol–water partition coefficient (Wildman–Crippen LogP) is 3.38. The first-order valence-corrected chi connectivity index (χ1v) is 10.6. The topological polar surface area (TPSA) is 95.9 Å². The smallest absolute Gasteiger partial charge is 0.259 e. The maximum atomic E-state index is 13.0. The van der Waals surface area contributed by atoms with Crippen molar-refractivity contribution in [2.24, 2.45) is 0 Å². The summed E-state index contributed by atoms with van der Waals surface area (Å²) in [6, 6.07) is 9.18. The maximum Gasteiger partial charge on any atom is 0.259 e. The van der Waals surface area contributed by atoms with E-state index in [4.69, 9.17) is 4.74 Å². The van der Waals surface area contributed by atoms with Crippen LogP contribution >= 0.6 is 0 Å². The molecule has 0 aliphatic carbocycles. The molecule has 0 radical (unpaired) electrons. The molecule has 0 aromatic heterocycles. The Morgan fingerprint density at radius 1 is 1.11 bits per heavy atom. The molecule has 2 rings (SSSR count). The zero-order chi connectivity index (χ0) is 20.9. The van der Waals surface area contributed by atoms with Gasteiger partial charge in [0.25, 0.3) is 5.91 Å². The maximum absolute atomic E-state index is 13.0. The number of phenols is 1. The molecule has 0 heterocycles. The van der Waals surface area contributed by atoms with E-state index in [0.717, 1.165) is 5.56 Å². The summed E-state index contributed by atoms with van der Waals surface area (Å²) < 4.78 is 32.8. The summed E-state index contributed by atoms with van der Waals surface area (Å²) in [4.78, 5) is 12.5. The Morgan fingerprint density at radius 2 is 1.79 bits per heavy atom. The van der Waals surface area contributed by atoms with Gasteiger partial charge in [0.1, 0.15) is 16.4 Å². The first-order chi connectivity index (χ1) is 13.2. The van der Waals surface area contributed by atoms with Gasteiger partial charge in [-0.05, 0) is 49.7 Å². The van der Waals surface area contributed by atoms with E-state index in [-0.39, 0.29) is 22.0 Å². The normalized spacial score (nSPS) is 11.5. The monoisotopic (exact) mass is 406 g/mol. The fourth-order valence-electron chi connectivity index (χ4n) is 2.80. The van der Waals surface area contributed by atoms with Crippen LogP contribution in [0.15, 0.2) is 41.3 Å². The van der Waals surface area contributed by atoms with Crippen LogP contribution in [0.5, 0.6) is 11.5 Å². The molecule has 7 nitrogen and oxygen atoms in total. The third-order valence-electron chi connectivity index (χ3n) is 4.22. The van der Waals surface area contributed by atoms with Crippen LogP contribution in [0.1, 0.15) is 36.7 Å². The van der Waals surface area contributed by atoms with Crippen molar-refractivity contribution >= 4 is 21.6 Å². The number of aryl methyl sites for hydroxylation is 1. The second-order valence-corrected chi connectivity index (χ2v) is 8.06. The standard InChI is InChI=1S/C20H26N2O5S/c1-5-22(6-2)28(25,26)19-13-15(9-11-18(19)27-7-3)21-20(24)16-10-8-14(4)12-17(16)23/h8-13,23H,5-7H2,1-4H3,(H,21,24). The summed E-state index contributed by atoms with van der Waals surface area (Å²) >= 11 is 0. The highest BCUT2D eigenvalue weighted by molar-refractivity contribution is 7.89. The zero-order valence-electron chi connectivity index (χ0n) is 16.5. The number of carbonyl (C=O) groups excluding carboxylic acids is 1. The van der Waals surface area contributed by atoms with Crippen LogP contribution in [0.4, 0.5) is 5.69 Å². The molecule has 152 valence electrons. The highest BCUT2D eigenvalue weighted by Gasteiger charge is 2.26. The molecule has 0 saturated heterocycles. The van der Waals surface area contributed by atoms with E-state index in [1.54, 1.807) is 39.8 Å². The first kappa shape index (κ1) is 21.7. The van der Waals surface area contributed by atoms with Gasteiger partial charge in [0.15, 0.2) is 0 Å². The van der Waals surface area contributed by atoms with Crippen molar-refractivity contribution in [3.63, 3.8) is 0 Å². The lowest BCUT2D eigenvalue weighted by Crippen LogP contribution is -2.31. The summed E-state index contributed by atoms with van der Waals surface area (Å²) in [6.07, 6.45) is 0. The van der Waals surface area contributed by atoms with E-state index in [9.17, 15) is 18.3 Å². The first-order valence-electron chi connectivity index (χ1n) is 9.12. The van der Waals surface area contributed by atoms with Crippen LogP contribution in [0.2, 0.25) is 0 Å². The van der Waals surface area contributed by atoms with Gasteiger partial charge in [-0.2, -0.15) is 4.31 Å². The van der Waals surface area contributed by atoms with Crippen molar-refractivity contribution in [3.05, 3.63) is 47.5 Å². The molecule has 0 fully saturated rings. The summed E-state index contributed by atoms with van der Waals surface area (Å²) in [5.74, 6) is -0.446. The molecule has 0 atom stereocenters. The lowest BCUT2D eigenvalue weighted by molar-refractivity contribution is 0.102. The molecule has 2 N–H and O–H groups in total. The largest absolute Gasteiger partial charge is 0.507 e. The molecule has 28 heavy (non-hydrogen) atoms. The molecule has 1 amide bonds. The van der Waals surface area contributed by atoms with Crippen LogP contribution in [0.25, 0.3) is 0 Å². The summed E-state index contributed by atoms with van der Waals surface area (Å²) in [5, 5.41) is 12.6. The average molecular weight is 407 g/mol. The number of ether oxygens (including phenoxy) is 1. The Balaban J connectivity index is 2.43. The molecule has 0 unspecified atom stereocenters. The number of nitrogens with one attached hydrogen (secondary N) is 1. The van der Waals surface area contributed by atoms with Crippen molar-refractivity contribution < 1.29 is 23.1 Å². The van der Waals surface area contributed by atoms with Crippen LogP contribution in [-0.4, -0.2) is 43.4 Å². The molecule has 0 saturated carbocycles. The number of aromatic hydroxyl groups is 1. The number of sulfonamides is 1. The van der Waals surface area contributed by atoms with Gasteiger partial charge in [-0.3, -0.25) is 4.79 Å². The fraction of sp³-hybridized carbons (Fsp3) is 0.350. The Bertz CT molecular complexity index is 953. The number of nitrogens with zero attached hydrogens (tertiary/aromatic N) is 1. The minimum absolute atomic E-state index is 0.0102. The summed E-state index contributed by atoms with van der Waals surface area (Å²) in [5.41, 5.74) is 1.22. The molecular formula is C20H26N2O5S. The quantitative estimate of drug-likeness (QED) is 0.701. The Labute approximate surface area is 166 Å². The van der Waals surface area contributed by atoms with Crippen molar-refractivity contribution in [2.75, 3.05) is 25.0 Å². The molecule has 0 bridgehead atoms. The van der Waals surface area contributed by atoms with Gasteiger partial charge in [-0.15, -0.1) is 0 Å². The number of hydrogen-bond acceptors (Lipinski definition) is 5. The van der Waals surface area contributed by atoms with Crippen molar-refractivity contribution in [3.8, 4) is 11.5 Å². The van der Waals surface area contributed by atoms with E-state index in [2.05, 4.69) is 5.32 Å². The van der Waals surface area contributed by atoms with Crippen LogP contribution < -0.4 is 10.1 Å². The van der Waals surface area contributed by atoms with E-state index in [1.807, 2.05) is 0 Å². The highest BCUT2D eigenvalue weighted by Crippen LogP contribution is 2.30. The number of amides is 1. The molecular weight excluding hydrogens is 380 g/mol. The number of carbonyl (C=O) groups is 1. The Hall–Kier alpha value is -2.58. The molecule has 8 heteroatoms. The SMILES string of the molecule is CCOc1ccc(NC(=O)c2ccc(C)cc2O)cc1S(=O)(=O)N(CC)CC. The van der Waals surface area contributed by atoms with Gasteiger partial charge in [-0.1, -0.05) is 19.9 Å². The van der Waals surface area contributed by atoms with Crippen molar-refractivity contribution in [2.45, 2.75) is 32.6 Å². The Morgan fingerprint density at radius 3 is 2.36 bits per heavy atom. The second kappa shape index (κ2) is 9.07. The van der Waals surface area contributed by atoms with Crippen LogP contribution in [-0.2, 0) is 10.0 Å². The van der Waals surface area contributed by atoms with E-state index >= 15 is 0 Å². The zero-order valence-corrected chi connectivity index (χ0v) is 17.3. The van der Waals surface area contributed by atoms with Crippen molar-refractivity contribution in [1.82, 2.24) is 4.31 Å². The minimum Gasteiger partial charge on any atom is -0.507 e. The van der Waals surface area contributed by atoms with Gasteiger partial charge >= 0.3 is 0 Å². The Kier molecular flexibility index (Phi) is 7.04. The number of rotatable bonds is 8. The van der Waals surface area contributed by atoms with Gasteiger partial charge in [0.05, 0.1) is 12.2 Å². The van der Waals surface area contributed by atoms with E-state index in [1.165, 1.54) is 28.6 Å². The number of phenolic OH excluding ortho intramolecular Hbond substituents is 1. The van der Waals surface area contributed by atoms with E-state index in [0.29, 0.717) is 25.4 Å². The molecule has 0 aliphatic heterocycles. The second-order valence-electron chi connectivity index (χ2n) is 6.16. The molecule has 2 aromatic carbocycles. The highest BCUT2D eigenvalue weighted by atomic mass is 32.2. The lowest BCUT2D eigenvalue weighted by atomic mass is 10.1. The van der Waals surface area contributed by atoms with Gasteiger partial charge in [-0.25, -0.2) is 8.42 Å². The van der Waals surface area contributed by atoms with Gasteiger partial charge in [0.2, 0.25) is 10.0 Å². The van der Waals surface area contributed by atoms with Crippen LogP contribution in [0, 0.1) is 6.92 Å². The molecule has 0 spiro atoms. The van der Waals surface area contributed by atoms with Gasteiger partial charge in [0, 0.05) is 18.8 Å². The summed E-state index contributed by atoms with van der Waals surface area (Å²) in [6.45, 7) is 8.03. The van der Waals surface area contributed by atoms with Crippen LogP contribution in [0.3, 0.4) is 0 Å². The molecule has 2 aromatic rings. The van der Waals surface area contributed by atoms with Crippen molar-refractivity contribution in [1.29, 1.82) is 0 Å². The predicted molar refractivity (Wildman–Crippen MR) is 109 cm³/mol. The van der Waals surface area contributed by atoms with E-state index < -0.39 is 15.9 Å². The lowest BCUT2D eigenvalue weighted by Gasteiger charge is -2.21. The fourth-order valence-corrected chi connectivity index (χ4v) is 4.41. The summed E-state index contributed by atoms with van der Waals surface area (Å²) in [7, 11) is -3.78. The third kappa shape index (κ3) is 4.63.